The van der Waals surface area contributed by atoms with Gasteiger partial charge >= 0.3 is 0 Å². The predicted octanol–water partition coefficient (Wildman–Crippen LogP) is 7.73. The van der Waals surface area contributed by atoms with Gasteiger partial charge in [0.15, 0.2) is 0 Å². The molecule has 0 aromatic rings. The van der Waals surface area contributed by atoms with Crippen molar-refractivity contribution in [1.82, 2.24) is 5.32 Å². The van der Waals surface area contributed by atoms with Gasteiger partial charge in [0.25, 0.3) is 0 Å². The maximum atomic E-state index is 4.17. The smallest absolute Gasteiger partial charge is 0.0782 e. The zero-order valence-corrected chi connectivity index (χ0v) is 20.5. The Morgan fingerprint density at radius 2 is 0.786 bits per heavy atom. The molecule has 28 heavy (non-hydrogen) atoms. The molecule has 169 valence electrons. The summed E-state index contributed by atoms with van der Waals surface area (Å²) in [6.45, 7) is 6.11. The van der Waals surface area contributed by atoms with Crippen molar-refractivity contribution in [2.45, 2.75) is 129 Å². The fraction of sp³-hybridized carbons (Fsp3) is 1.00. The van der Waals surface area contributed by atoms with Gasteiger partial charge in [-0.3, -0.25) is 0 Å². The van der Waals surface area contributed by atoms with Crippen LogP contribution in [0.1, 0.15) is 129 Å². The topological polar surface area (TPSA) is 14.1 Å². The summed E-state index contributed by atoms with van der Waals surface area (Å²) in [7, 11) is 6.81. The predicted molar refractivity (Wildman–Crippen MR) is 128 cm³/mol. The van der Waals surface area contributed by atoms with Crippen molar-refractivity contribution in [1.29, 1.82) is 0 Å². The van der Waals surface area contributed by atoms with Gasteiger partial charge in [0.05, 0.1) is 27.2 Å². The minimum atomic E-state index is 1.06. The first-order valence-corrected chi connectivity index (χ1v) is 13.0. The van der Waals surface area contributed by atoms with Gasteiger partial charge in [-0.25, -0.2) is 5.32 Å². The standard InChI is InChI=1S/C26H56N2/c1-5-6-7-8-9-10-13-16-19-22-25-28(3,4)26-23-20-17-14-11-12-15-18-21-24-27-2/h5-26H2,1-4H3/q+1. The van der Waals surface area contributed by atoms with Gasteiger partial charge in [0.2, 0.25) is 0 Å². The number of hydrogen-bond acceptors (Lipinski definition) is 0. The van der Waals surface area contributed by atoms with E-state index in [-0.39, 0.29) is 0 Å². The second kappa shape index (κ2) is 21.6. The van der Waals surface area contributed by atoms with Gasteiger partial charge in [-0.1, -0.05) is 96.8 Å². The van der Waals surface area contributed by atoms with Gasteiger partial charge in [-0.2, -0.15) is 0 Å². The van der Waals surface area contributed by atoms with Crippen LogP contribution in [-0.4, -0.2) is 45.3 Å². The zero-order valence-electron chi connectivity index (χ0n) is 20.5. The molecular weight excluding hydrogens is 340 g/mol. The lowest BCUT2D eigenvalue weighted by Crippen LogP contribution is -2.41. The van der Waals surface area contributed by atoms with E-state index in [0.29, 0.717) is 0 Å². The molecule has 0 N–H and O–H groups in total. The monoisotopic (exact) mass is 396 g/mol. The average molecular weight is 397 g/mol. The number of hydrogen-bond donors (Lipinski definition) is 0. The van der Waals surface area contributed by atoms with Crippen LogP contribution in [0.3, 0.4) is 0 Å². The van der Waals surface area contributed by atoms with Crippen LogP contribution in [0, 0.1) is 0 Å². The molecule has 0 aliphatic carbocycles. The fourth-order valence-corrected chi connectivity index (χ4v) is 4.19. The third-order valence-electron chi connectivity index (χ3n) is 6.26. The van der Waals surface area contributed by atoms with Gasteiger partial charge in [-0.05, 0) is 32.1 Å². The van der Waals surface area contributed by atoms with Crippen LogP contribution in [0.2, 0.25) is 0 Å². The lowest BCUT2D eigenvalue weighted by molar-refractivity contribution is -0.890. The van der Waals surface area contributed by atoms with E-state index in [2.05, 4.69) is 26.3 Å². The quantitative estimate of drug-likeness (QED) is 0.124. The highest BCUT2D eigenvalue weighted by molar-refractivity contribution is 4.50. The summed E-state index contributed by atoms with van der Waals surface area (Å²) in [5, 5.41) is 4.17. The van der Waals surface area contributed by atoms with E-state index < -0.39 is 0 Å². The maximum Gasteiger partial charge on any atom is 0.0782 e. The SMILES string of the molecule is CCCCCCCCCCCC[N+](C)(C)CCCCCCCCCCC[N]C. The van der Waals surface area contributed by atoms with Crippen molar-refractivity contribution in [2.24, 2.45) is 0 Å². The molecule has 0 unspecified atom stereocenters. The molecule has 2 nitrogen and oxygen atoms in total. The Labute approximate surface area is 179 Å². The van der Waals surface area contributed by atoms with Gasteiger partial charge < -0.3 is 4.48 Å². The summed E-state index contributed by atoms with van der Waals surface area (Å²) in [5.74, 6) is 0. The third-order valence-corrected chi connectivity index (χ3v) is 6.26. The van der Waals surface area contributed by atoms with Crippen molar-refractivity contribution in [3.63, 3.8) is 0 Å². The summed E-state index contributed by atoms with van der Waals surface area (Å²) in [4.78, 5) is 0. The molecule has 0 saturated carbocycles. The van der Waals surface area contributed by atoms with Crippen molar-refractivity contribution in [3.8, 4) is 0 Å². The molecule has 0 aliphatic heterocycles. The Morgan fingerprint density at radius 3 is 1.14 bits per heavy atom. The Kier molecular flexibility index (Phi) is 21.6. The summed E-state index contributed by atoms with van der Waals surface area (Å²) in [6.07, 6.45) is 27.2. The van der Waals surface area contributed by atoms with E-state index in [9.17, 15) is 0 Å². The molecule has 0 bridgehead atoms. The Bertz CT molecular complexity index is 288. The summed E-state index contributed by atoms with van der Waals surface area (Å²) < 4.78 is 1.24. The van der Waals surface area contributed by atoms with E-state index in [1.807, 2.05) is 7.05 Å². The second-order valence-electron chi connectivity index (χ2n) is 9.79. The molecule has 1 radical (unpaired) electrons. The van der Waals surface area contributed by atoms with Crippen molar-refractivity contribution >= 4 is 0 Å². The minimum absolute atomic E-state index is 1.06. The van der Waals surface area contributed by atoms with Crippen LogP contribution in [-0.2, 0) is 0 Å². The van der Waals surface area contributed by atoms with E-state index >= 15 is 0 Å². The molecule has 0 saturated heterocycles. The number of unbranched alkanes of at least 4 members (excludes halogenated alkanes) is 17. The lowest BCUT2D eigenvalue weighted by atomic mass is 10.1. The molecule has 0 atom stereocenters. The van der Waals surface area contributed by atoms with E-state index in [1.54, 1.807) is 0 Å². The third kappa shape index (κ3) is 22.2. The molecule has 0 aliphatic rings. The van der Waals surface area contributed by atoms with Crippen molar-refractivity contribution < 1.29 is 4.48 Å². The van der Waals surface area contributed by atoms with Gasteiger partial charge in [0.1, 0.15) is 0 Å². The molecular formula is C26H56N2+. The molecule has 0 aromatic heterocycles. The molecule has 0 rings (SSSR count). The number of rotatable bonds is 23. The van der Waals surface area contributed by atoms with Crippen LogP contribution >= 0.6 is 0 Å². The summed E-state index contributed by atoms with van der Waals surface area (Å²) >= 11 is 0. The van der Waals surface area contributed by atoms with Crippen molar-refractivity contribution in [3.05, 3.63) is 0 Å². The zero-order chi connectivity index (χ0) is 20.8. The maximum absolute atomic E-state index is 4.17. The average Bonchev–Trinajstić information content (AvgIpc) is 2.67. The molecule has 0 aromatic carbocycles. The second-order valence-corrected chi connectivity index (χ2v) is 9.79. The van der Waals surface area contributed by atoms with Gasteiger partial charge in [-0.15, -0.1) is 0 Å². The molecule has 0 amide bonds. The van der Waals surface area contributed by atoms with Crippen LogP contribution in [0.25, 0.3) is 0 Å². The molecule has 2 heteroatoms. The molecule has 0 heterocycles. The highest BCUT2D eigenvalue weighted by atomic mass is 15.3. The Balaban J connectivity index is 3.30. The first kappa shape index (κ1) is 27.9. The molecule has 0 fully saturated rings. The minimum Gasteiger partial charge on any atom is -0.328 e. The Morgan fingerprint density at radius 1 is 0.464 bits per heavy atom. The molecule has 0 spiro atoms. The van der Waals surface area contributed by atoms with Crippen molar-refractivity contribution in [2.75, 3.05) is 40.8 Å². The van der Waals surface area contributed by atoms with E-state index in [1.165, 1.54) is 140 Å². The van der Waals surface area contributed by atoms with Gasteiger partial charge in [0, 0.05) is 13.6 Å². The van der Waals surface area contributed by atoms with Crippen LogP contribution in [0.15, 0.2) is 0 Å². The fourth-order valence-electron chi connectivity index (χ4n) is 4.19. The van der Waals surface area contributed by atoms with Crippen LogP contribution < -0.4 is 5.32 Å². The lowest BCUT2D eigenvalue weighted by Gasteiger charge is -2.30. The summed E-state index contributed by atoms with van der Waals surface area (Å²) in [6, 6.07) is 0. The largest absolute Gasteiger partial charge is 0.328 e. The van der Waals surface area contributed by atoms with E-state index in [4.69, 9.17) is 0 Å². The number of quaternary nitrogens is 1. The highest BCUT2D eigenvalue weighted by Gasteiger charge is 2.13. The van der Waals surface area contributed by atoms with Crippen LogP contribution in [0.4, 0.5) is 0 Å². The highest BCUT2D eigenvalue weighted by Crippen LogP contribution is 2.14. The Hall–Kier alpha value is -0.0800. The first-order valence-electron chi connectivity index (χ1n) is 13.0. The normalized spacial score (nSPS) is 12.0. The first-order chi connectivity index (χ1) is 13.6. The van der Waals surface area contributed by atoms with Crippen LogP contribution in [0.5, 0.6) is 0 Å². The number of nitrogens with zero attached hydrogens (tertiary/aromatic N) is 2. The van der Waals surface area contributed by atoms with E-state index in [0.717, 1.165) is 6.54 Å². The summed E-state index contributed by atoms with van der Waals surface area (Å²) in [5.41, 5.74) is 0.